The molecule has 3 N–H and O–H groups in total. The number of hydrogen-bond acceptors (Lipinski definition) is 3. The number of nitrogens with zero attached hydrogens (tertiary/aromatic N) is 1. The van der Waals surface area contributed by atoms with Crippen molar-refractivity contribution in [2.45, 2.75) is 19.9 Å². The third-order valence-electron chi connectivity index (χ3n) is 3.68. The Bertz CT molecular complexity index is 774. The van der Waals surface area contributed by atoms with Crippen molar-refractivity contribution in [1.29, 1.82) is 0 Å². The summed E-state index contributed by atoms with van der Waals surface area (Å²) in [6.45, 7) is 2.92. The van der Waals surface area contributed by atoms with E-state index >= 15 is 0 Å². The number of hydrogen-bond donors (Lipinski definition) is 3. The van der Waals surface area contributed by atoms with Crippen molar-refractivity contribution in [3.8, 4) is 0 Å². The molecule has 0 bridgehead atoms. The minimum Gasteiger partial charge on any atom is -0.459 e. The monoisotopic (exact) mass is 364 g/mol. The predicted molar refractivity (Wildman–Crippen MR) is 95.0 cm³/mol. The van der Waals surface area contributed by atoms with Crippen molar-refractivity contribution in [2.75, 3.05) is 20.1 Å². The van der Waals surface area contributed by atoms with E-state index < -0.39 is 11.6 Å². The number of carbonyl (C=O) groups excluding carboxylic acids is 1. The highest BCUT2D eigenvalue weighted by molar-refractivity contribution is 5.92. The van der Waals surface area contributed by atoms with Crippen LogP contribution in [0.4, 0.5) is 8.78 Å². The average Bonchev–Trinajstić information content (AvgIpc) is 3.06. The van der Waals surface area contributed by atoms with Crippen LogP contribution in [0.15, 0.2) is 39.9 Å². The van der Waals surface area contributed by atoms with E-state index in [-0.39, 0.29) is 18.0 Å². The maximum absolute atomic E-state index is 13.6. The van der Waals surface area contributed by atoms with Crippen LogP contribution in [0.25, 0.3) is 0 Å². The molecule has 1 aromatic carbocycles. The Labute approximate surface area is 150 Å². The van der Waals surface area contributed by atoms with E-state index in [4.69, 9.17) is 4.42 Å². The highest BCUT2D eigenvalue weighted by Gasteiger charge is 2.11. The molecule has 1 heterocycles. The lowest BCUT2D eigenvalue weighted by molar-refractivity contribution is 0.0925. The summed E-state index contributed by atoms with van der Waals surface area (Å²) in [6.07, 6.45) is 2.13. The number of nitrogens with one attached hydrogen (secondary N) is 3. The lowest BCUT2D eigenvalue weighted by Gasteiger charge is -2.12. The Kier molecular flexibility index (Phi) is 7.13. The molecular formula is C18H22F2N4O2. The van der Waals surface area contributed by atoms with E-state index in [1.54, 1.807) is 20.0 Å². The highest BCUT2D eigenvalue weighted by Crippen LogP contribution is 2.09. The lowest BCUT2D eigenvalue weighted by Crippen LogP contribution is -2.38. The first-order valence-electron chi connectivity index (χ1n) is 8.22. The molecule has 0 unspecified atom stereocenters. The second kappa shape index (κ2) is 9.55. The van der Waals surface area contributed by atoms with Crippen LogP contribution in [-0.4, -0.2) is 32.0 Å². The van der Waals surface area contributed by atoms with Gasteiger partial charge in [0.1, 0.15) is 11.6 Å². The first-order valence-corrected chi connectivity index (χ1v) is 8.22. The van der Waals surface area contributed by atoms with Gasteiger partial charge in [-0.05, 0) is 37.6 Å². The van der Waals surface area contributed by atoms with Crippen molar-refractivity contribution >= 4 is 11.9 Å². The van der Waals surface area contributed by atoms with Crippen LogP contribution in [0, 0.1) is 18.6 Å². The van der Waals surface area contributed by atoms with Crippen molar-refractivity contribution in [3.63, 3.8) is 0 Å². The molecule has 0 saturated heterocycles. The molecule has 0 spiro atoms. The fourth-order valence-corrected chi connectivity index (χ4v) is 2.26. The molecule has 0 fully saturated rings. The van der Waals surface area contributed by atoms with Gasteiger partial charge in [-0.15, -0.1) is 0 Å². The average molecular weight is 364 g/mol. The van der Waals surface area contributed by atoms with Gasteiger partial charge in [0.25, 0.3) is 5.91 Å². The van der Waals surface area contributed by atoms with Crippen molar-refractivity contribution in [3.05, 3.63) is 59.1 Å². The molecule has 2 aromatic rings. The highest BCUT2D eigenvalue weighted by atomic mass is 19.1. The largest absolute Gasteiger partial charge is 0.459 e. The van der Waals surface area contributed by atoms with E-state index in [9.17, 15) is 13.6 Å². The molecule has 1 aromatic heterocycles. The van der Waals surface area contributed by atoms with Crippen molar-refractivity contribution in [1.82, 2.24) is 16.0 Å². The number of guanidine groups is 1. The Balaban J connectivity index is 1.68. The molecule has 0 atom stereocenters. The third-order valence-corrected chi connectivity index (χ3v) is 3.68. The summed E-state index contributed by atoms with van der Waals surface area (Å²) in [5, 5.41) is 8.72. The van der Waals surface area contributed by atoms with Gasteiger partial charge in [0, 0.05) is 37.8 Å². The van der Waals surface area contributed by atoms with Crippen LogP contribution in [0.1, 0.15) is 28.1 Å². The fourth-order valence-electron chi connectivity index (χ4n) is 2.26. The molecule has 8 heteroatoms. The van der Waals surface area contributed by atoms with E-state index in [0.29, 0.717) is 31.2 Å². The Morgan fingerprint density at radius 1 is 1.15 bits per heavy atom. The summed E-state index contributed by atoms with van der Waals surface area (Å²) in [7, 11) is 1.58. The number of aryl methyl sites for hydroxylation is 1. The normalized spacial score (nSPS) is 11.3. The van der Waals surface area contributed by atoms with Crippen LogP contribution in [0.3, 0.4) is 0 Å². The second-order valence-electron chi connectivity index (χ2n) is 5.63. The maximum Gasteiger partial charge on any atom is 0.287 e. The summed E-state index contributed by atoms with van der Waals surface area (Å²) in [4.78, 5) is 15.9. The minimum absolute atomic E-state index is 0.109. The molecule has 140 valence electrons. The minimum atomic E-state index is -0.492. The zero-order chi connectivity index (χ0) is 18.9. The SMILES string of the molecule is CN=C(NCCCNC(=O)c1occc1C)NCc1cc(F)ccc1F. The number of carbonyl (C=O) groups is 1. The summed E-state index contributed by atoms with van der Waals surface area (Å²) >= 11 is 0. The Hall–Kier alpha value is -2.90. The van der Waals surface area contributed by atoms with Crippen molar-refractivity contribution < 1.29 is 18.0 Å². The number of aliphatic imine (C=N–C) groups is 1. The predicted octanol–water partition coefficient (Wildman–Crippen LogP) is 2.35. The van der Waals surface area contributed by atoms with Gasteiger partial charge >= 0.3 is 0 Å². The van der Waals surface area contributed by atoms with Gasteiger partial charge in [-0.2, -0.15) is 0 Å². The van der Waals surface area contributed by atoms with Crippen LogP contribution in [0.5, 0.6) is 0 Å². The quantitative estimate of drug-likeness (QED) is 0.400. The third kappa shape index (κ3) is 5.58. The zero-order valence-corrected chi connectivity index (χ0v) is 14.7. The van der Waals surface area contributed by atoms with Crippen LogP contribution in [-0.2, 0) is 6.54 Å². The van der Waals surface area contributed by atoms with Gasteiger partial charge in [0.05, 0.1) is 6.26 Å². The number of rotatable bonds is 7. The van der Waals surface area contributed by atoms with Crippen LogP contribution >= 0.6 is 0 Å². The summed E-state index contributed by atoms with van der Waals surface area (Å²) in [6, 6.07) is 5.03. The van der Waals surface area contributed by atoms with Crippen LogP contribution < -0.4 is 16.0 Å². The number of furan rings is 1. The molecule has 0 radical (unpaired) electrons. The van der Waals surface area contributed by atoms with E-state index in [0.717, 1.165) is 23.8 Å². The van der Waals surface area contributed by atoms with Gasteiger partial charge in [-0.25, -0.2) is 8.78 Å². The molecular weight excluding hydrogens is 342 g/mol. The summed E-state index contributed by atoms with van der Waals surface area (Å²) in [5.74, 6) is -0.454. The first kappa shape index (κ1) is 19.4. The van der Waals surface area contributed by atoms with Gasteiger partial charge in [-0.1, -0.05) is 0 Å². The van der Waals surface area contributed by atoms with Gasteiger partial charge in [-0.3, -0.25) is 9.79 Å². The molecule has 0 aliphatic rings. The number of amides is 1. The van der Waals surface area contributed by atoms with Crippen LogP contribution in [0.2, 0.25) is 0 Å². The molecule has 6 nitrogen and oxygen atoms in total. The topological polar surface area (TPSA) is 78.7 Å². The summed E-state index contributed by atoms with van der Waals surface area (Å²) < 4.78 is 31.9. The maximum atomic E-state index is 13.6. The Morgan fingerprint density at radius 3 is 2.62 bits per heavy atom. The Morgan fingerprint density at radius 2 is 1.92 bits per heavy atom. The smallest absolute Gasteiger partial charge is 0.287 e. The lowest BCUT2D eigenvalue weighted by atomic mass is 10.2. The second-order valence-corrected chi connectivity index (χ2v) is 5.63. The molecule has 1 amide bonds. The van der Waals surface area contributed by atoms with E-state index in [1.165, 1.54) is 6.26 Å². The summed E-state index contributed by atoms with van der Waals surface area (Å²) in [5.41, 5.74) is 1.00. The number of halogens is 2. The van der Waals surface area contributed by atoms with Gasteiger partial charge in [0.2, 0.25) is 0 Å². The van der Waals surface area contributed by atoms with Gasteiger partial charge < -0.3 is 20.4 Å². The first-order chi connectivity index (χ1) is 12.5. The van der Waals surface area contributed by atoms with E-state index in [2.05, 4.69) is 20.9 Å². The molecule has 0 aliphatic carbocycles. The fraction of sp³-hybridized carbons (Fsp3) is 0.333. The van der Waals surface area contributed by atoms with Crippen molar-refractivity contribution in [2.24, 2.45) is 4.99 Å². The molecule has 2 rings (SSSR count). The van der Waals surface area contributed by atoms with E-state index in [1.807, 2.05) is 0 Å². The number of benzene rings is 1. The molecule has 26 heavy (non-hydrogen) atoms. The standard InChI is InChI=1S/C18H22F2N4O2/c1-12-6-9-26-16(12)17(25)22-7-3-8-23-18(21-2)24-11-13-10-14(19)4-5-15(13)20/h4-6,9-10H,3,7-8,11H2,1-2H3,(H,22,25)(H2,21,23,24). The molecule has 0 saturated carbocycles. The van der Waals surface area contributed by atoms with Gasteiger partial charge in [0.15, 0.2) is 11.7 Å². The molecule has 0 aliphatic heterocycles. The zero-order valence-electron chi connectivity index (χ0n) is 14.7.